The van der Waals surface area contributed by atoms with E-state index in [1.54, 1.807) is 0 Å². The van der Waals surface area contributed by atoms with Gasteiger partial charge in [0.15, 0.2) is 0 Å². The highest BCUT2D eigenvalue weighted by atomic mass is 16.5. The Morgan fingerprint density at radius 2 is 2.19 bits per heavy atom. The van der Waals surface area contributed by atoms with Crippen LogP contribution in [-0.2, 0) is 0 Å². The summed E-state index contributed by atoms with van der Waals surface area (Å²) in [6.07, 6.45) is 3.78. The molecule has 1 N–H and O–H groups in total. The minimum absolute atomic E-state index is 0.272. The van der Waals surface area contributed by atoms with Crippen molar-refractivity contribution in [2.24, 2.45) is 0 Å². The van der Waals surface area contributed by atoms with Gasteiger partial charge in [0, 0.05) is 36.9 Å². The first kappa shape index (κ1) is 16.2. The molecule has 3 unspecified atom stereocenters. The van der Waals surface area contributed by atoms with E-state index < -0.39 is 0 Å². The van der Waals surface area contributed by atoms with E-state index in [0.717, 1.165) is 25.3 Å². The third-order valence-electron chi connectivity index (χ3n) is 4.35. The van der Waals surface area contributed by atoms with E-state index in [-0.39, 0.29) is 6.10 Å². The molecule has 3 heteroatoms. The van der Waals surface area contributed by atoms with Crippen LogP contribution in [0.3, 0.4) is 0 Å². The smallest absolute Gasteiger partial charge is 0.121 e. The van der Waals surface area contributed by atoms with Gasteiger partial charge in [-0.2, -0.15) is 0 Å². The van der Waals surface area contributed by atoms with Crippen molar-refractivity contribution in [1.82, 2.24) is 5.32 Å². The highest BCUT2D eigenvalue weighted by molar-refractivity contribution is 5.52. The van der Waals surface area contributed by atoms with Crippen molar-refractivity contribution in [3.63, 3.8) is 0 Å². The third-order valence-corrected chi connectivity index (χ3v) is 4.35. The first-order chi connectivity index (χ1) is 10.1. The second kappa shape index (κ2) is 7.69. The van der Waals surface area contributed by atoms with Crippen molar-refractivity contribution in [3.8, 4) is 5.75 Å². The van der Waals surface area contributed by atoms with Gasteiger partial charge in [0.05, 0.1) is 6.10 Å². The Hall–Kier alpha value is -1.22. The average molecular weight is 290 g/mol. The van der Waals surface area contributed by atoms with Crippen molar-refractivity contribution in [2.75, 3.05) is 18.0 Å². The van der Waals surface area contributed by atoms with Gasteiger partial charge in [-0.1, -0.05) is 26.3 Å². The van der Waals surface area contributed by atoms with Crippen molar-refractivity contribution < 1.29 is 4.74 Å². The van der Waals surface area contributed by atoms with E-state index in [1.807, 2.05) is 0 Å². The average Bonchev–Trinajstić information content (AvgIpc) is 2.49. The Balaban J connectivity index is 2.10. The van der Waals surface area contributed by atoms with E-state index in [9.17, 15) is 0 Å². The fraction of sp³-hybridized carbons (Fsp3) is 0.667. The predicted octanol–water partition coefficient (Wildman–Crippen LogP) is 3.83. The maximum absolute atomic E-state index is 5.96. The molecular formula is C18H30N2O. The monoisotopic (exact) mass is 290 g/mol. The van der Waals surface area contributed by atoms with E-state index in [0.29, 0.717) is 12.1 Å². The Morgan fingerprint density at radius 3 is 2.90 bits per heavy atom. The normalized spacial score (nSPS) is 23.9. The Bertz CT molecular complexity index is 435. The highest BCUT2D eigenvalue weighted by Gasteiger charge is 2.24. The second-order valence-corrected chi connectivity index (χ2v) is 6.23. The summed E-state index contributed by atoms with van der Waals surface area (Å²) in [5, 5.41) is 3.65. The molecule has 1 aromatic rings. The number of nitrogens with one attached hydrogen (secondary N) is 1. The lowest BCUT2D eigenvalue weighted by atomic mass is 10.0. The lowest BCUT2D eigenvalue weighted by Gasteiger charge is -2.40. The van der Waals surface area contributed by atoms with Gasteiger partial charge in [0.2, 0.25) is 0 Å². The van der Waals surface area contributed by atoms with Crippen molar-refractivity contribution in [3.05, 3.63) is 24.3 Å². The van der Waals surface area contributed by atoms with Crippen molar-refractivity contribution in [2.45, 2.75) is 65.1 Å². The van der Waals surface area contributed by atoms with Gasteiger partial charge in [-0.05, 0) is 38.8 Å². The molecule has 118 valence electrons. The molecule has 3 atom stereocenters. The third kappa shape index (κ3) is 4.37. The molecule has 0 bridgehead atoms. The summed E-state index contributed by atoms with van der Waals surface area (Å²) in [4.78, 5) is 2.51. The number of piperazine rings is 1. The number of hydrogen-bond acceptors (Lipinski definition) is 3. The Morgan fingerprint density at radius 1 is 1.38 bits per heavy atom. The molecule has 1 aliphatic rings. The SMILES string of the molecule is CCCC1CN(c2cccc(OC(C)CC)c2)C(C)CN1. The van der Waals surface area contributed by atoms with Crippen LogP contribution in [0.1, 0.15) is 47.0 Å². The molecule has 0 spiro atoms. The van der Waals surface area contributed by atoms with Crippen LogP contribution in [-0.4, -0.2) is 31.3 Å². The topological polar surface area (TPSA) is 24.5 Å². The molecule has 1 aromatic carbocycles. The number of ether oxygens (including phenoxy) is 1. The summed E-state index contributed by atoms with van der Waals surface area (Å²) in [6, 6.07) is 9.69. The van der Waals surface area contributed by atoms with E-state index >= 15 is 0 Å². The van der Waals surface area contributed by atoms with Crippen LogP contribution in [0.2, 0.25) is 0 Å². The molecule has 0 aromatic heterocycles. The van der Waals surface area contributed by atoms with Gasteiger partial charge in [-0.15, -0.1) is 0 Å². The van der Waals surface area contributed by atoms with Crippen LogP contribution in [0.5, 0.6) is 5.75 Å². The predicted molar refractivity (Wildman–Crippen MR) is 90.3 cm³/mol. The molecule has 0 radical (unpaired) electrons. The molecule has 1 saturated heterocycles. The summed E-state index contributed by atoms with van der Waals surface area (Å²) >= 11 is 0. The van der Waals surface area contributed by atoms with Crippen molar-refractivity contribution >= 4 is 5.69 Å². The summed E-state index contributed by atoms with van der Waals surface area (Å²) in [5.74, 6) is 0.986. The molecule has 0 aliphatic carbocycles. The molecule has 1 aliphatic heterocycles. The van der Waals surface area contributed by atoms with Crippen LogP contribution in [0.25, 0.3) is 0 Å². The fourth-order valence-electron chi connectivity index (χ4n) is 2.88. The molecule has 3 nitrogen and oxygen atoms in total. The van der Waals surface area contributed by atoms with Gasteiger partial charge in [-0.25, -0.2) is 0 Å². The van der Waals surface area contributed by atoms with Gasteiger partial charge in [0.25, 0.3) is 0 Å². The number of nitrogens with zero attached hydrogens (tertiary/aromatic N) is 1. The number of benzene rings is 1. The summed E-state index contributed by atoms with van der Waals surface area (Å²) in [7, 11) is 0. The standard InChI is InChI=1S/C18H30N2O/c1-5-8-16-13-20(14(3)12-19-16)17-9-7-10-18(11-17)21-15(4)6-2/h7,9-11,14-16,19H,5-6,8,12-13H2,1-4H3. The van der Waals surface area contributed by atoms with Crippen LogP contribution in [0.4, 0.5) is 5.69 Å². The van der Waals surface area contributed by atoms with Crippen LogP contribution < -0.4 is 15.0 Å². The fourth-order valence-corrected chi connectivity index (χ4v) is 2.88. The van der Waals surface area contributed by atoms with Crippen LogP contribution in [0.15, 0.2) is 24.3 Å². The quantitative estimate of drug-likeness (QED) is 0.861. The van der Waals surface area contributed by atoms with Crippen LogP contribution >= 0.6 is 0 Å². The number of hydrogen-bond donors (Lipinski definition) is 1. The largest absolute Gasteiger partial charge is 0.491 e. The molecule has 0 saturated carbocycles. The minimum Gasteiger partial charge on any atom is -0.491 e. The minimum atomic E-state index is 0.272. The highest BCUT2D eigenvalue weighted by Crippen LogP contribution is 2.26. The lowest BCUT2D eigenvalue weighted by molar-refractivity contribution is 0.217. The number of rotatable bonds is 6. The lowest BCUT2D eigenvalue weighted by Crippen LogP contribution is -2.55. The second-order valence-electron chi connectivity index (χ2n) is 6.23. The van der Waals surface area contributed by atoms with E-state index in [4.69, 9.17) is 4.74 Å². The summed E-state index contributed by atoms with van der Waals surface area (Å²) in [5.41, 5.74) is 1.28. The maximum atomic E-state index is 5.96. The van der Waals surface area contributed by atoms with Crippen LogP contribution in [0, 0.1) is 0 Å². The van der Waals surface area contributed by atoms with E-state index in [2.05, 4.69) is 62.2 Å². The maximum Gasteiger partial charge on any atom is 0.121 e. The Kier molecular flexibility index (Phi) is 5.92. The summed E-state index contributed by atoms with van der Waals surface area (Å²) in [6.45, 7) is 11.0. The molecule has 1 heterocycles. The first-order valence-corrected chi connectivity index (χ1v) is 8.40. The zero-order valence-corrected chi connectivity index (χ0v) is 13.9. The molecular weight excluding hydrogens is 260 g/mol. The van der Waals surface area contributed by atoms with Gasteiger partial charge in [0.1, 0.15) is 5.75 Å². The zero-order chi connectivity index (χ0) is 15.2. The molecule has 0 amide bonds. The van der Waals surface area contributed by atoms with Gasteiger partial charge < -0.3 is 15.0 Å². The van der Waals surface area contributed by atoms with Crippen molar-refractivity contribution in [1.29, 1.82) is 0 Å². The van der Waals surface area contributed by atoms with Gasteiger partial charge >= 0.3 is 0 Å². The molecule has 21 heavy (non-hydrogen) atoms. The molecule has 1 fully saturated rings. The van der Waals surface area contributed by atoms with Gasteiger partial charge in [-0.3, -0.25) is 0 Å². The summed E-state index contributed by atoms with van der Waals surface area (Å²) < 4.78 is 5.96. The zero-order valence-electron chi connectivity index (χ0n) is 13.9. The Labute approximate surface area is 129 Å². The first-order valence-electron chi connectivity index (χ1n) is 8.40. The molecule has 2 rings (SSSR count). The van der Waals surface area contributed by atoms with E-state index in [1.165, 1.54) is 18.5 Å². The number of anilines is 1.